The molecule has 3 heteroatoms. The standard InChI is InChI=1S/C17H23NO2/c1-18-15(10-9-14-7-4-5-11-19-14)17-12-13-6-2-3-8-16(13)20-17/h2-3,6,8,12,14-15,18H,4-5,7,9-11H2,1H3. The third-order valence-electron chi connectivity index (χ3n) is 4.19. The topological polar surface area (TPSA) is 34.4 Å². The summed E-state index contributed by atoms with van der Waals surface area (Å²) in [5, 5.41) is 4.55. The SMILES string of the molecule is CNC(CCC1CCCCO1)c1cc2ccccc2o1. The molecule has 1 saturated heterocycles. The minimum absolute atomic E-state index is 0.271. The molecule has 0 aliphatic carbocycles. The monoisotopic (exact) mass is 273 g/mol. The summed E-state index contributed by atoms with van der Waals surface area (Å²) in [6.07, 6.45) is 6.32. The van der Waals surface area contributed by atoms with Gasteiger partial charge in [-0.1, -0.05) is 18.2 Å². The Labute approximate surface area is 120 Å². The minimum atomic E-state index is 0.271. The van der Waals surface area contributed by atoms with Crippen molar-refractivity contribution in [2.75, 3.05) is 13.7 Å². The number of hydrogen-bond donors (Lipinski definition) is 1. The first kappa shape index (κ1) is 13.7. The van der Waals surface area contributed by atoms with E-state index in [1.165, 1.54) is 24.6 Å². The molecule has 0 amide bonds. The third kappa shape index (κ3) is 3.05. The Morgan fingerprint density at radius 3 is 2.95 bits per heavy atom. The van der Waals surface area contributed by atoms with Gasteiger partial charge >= 0.3 is 0 Å². The van der Waals surface area contributed by atoms with Crippen LogP contribution >= 0.6 is 0 Å². The molecule has 3 nitrogen and oxygen atoms in total. The van der Waals surface area contributed by atoms with Crippen LogP contribution in [-0.4, -0.2) is 19.8 Å². The quantitative estimate of drug-likeness (QED) is 0.892. The number of benzene rings is 1. The molecule has 1 aromatic heterocycles. The normalized spacial score (nSPS) is 21.1. The van der Waals surface area contributed by atoms with Crippen molar-refractivity contribution in [2.24, 2.45) is 0 Å². The average Bonchev–Trinajstić information content (AvgIpc) is 2.92. The van der Waals surface area contributed by atoms with Crippen LogP contribution < -0.4 is 5.32 Å². The lowest BCUT2D eigenvalue weighted by Crippen LogP contribution is -2.22. The van der Waals surface area contributed by atoms with Gasteiger partial charge in [0, 0.05) is 12.0 Å². The maximum absolute atomic E-state index is 5.96. The largest absolute Gasteiger partial charge is 0.459 e. The molecule has 1 aromatic carbocycles. The molecule has 0 radical (unpaired) electrons. The molecular weight excluding hydrogens is 250 g/mol. The summed E-state index contributed by atoms with van der Waals surface area (Å²) in [5.74, 6) is 1.03. The van der Waals surface area contributed by atoms with E-state index >= 15 is 0 Å². The second-order valence-electron chi connectivity index (χ2n) is 5.59. The molecule has 108 valence electrons. The first-order valence-electron chi connectivity index (χ1n) is 7.64. The van der Waals surface area contributed by atoms with Gasteiger partial charge in [0.15, 0.2) is 0 Å². The fourth-order valence-electron chi connectivity index (χ4n) is 2.99. The van der Waals surface area contributed by atoms with Crippen LogP contribution in [0.25, 0.3) is 11.0 Å². The van der Waals surface area contributed by atoms with Crippen molar-refractivity contribution in [3.63, 3.8) is 0 Å². The van der Waals surface area contributed by atoms with Gasteiger partial charge in [-0.05, 0) is 51.3 Å². The van der Waals surface area contributed by atoms with Crippen LogP contribution in [0.3, 0.4) is 0 Å². The van der Waals surface area contributed by atoms with E-state index in [2.05, 4.69) is 17.4 Å². The Bertz CT molecular complexity index is 510. The zero-order chi connectivity index (χ0) is 13.8. The third-order valence-corrected chi connectivity index (χ3v) is 4.19. The van der Waals surface area contributed by atoms with Crippen molar-refractivity contribution in [1.82, 2.24) is 5.32 Å². The molecule has 3 rings (SSSR count). The maximum atomic E-state index is 5.96. The minimum Gasteiger partial charge on any atom is -0.459 e. The van der Waals surface area contributed by atoms with Gasteiger partial charge in [-0.2, -0.15) is 0 Å². The molecule has 20 heavy (non-hydrogen) atoms. The zero-order valence-corrected chi connectivity index (χ0v) is 12.1. The lowest BCUT2D eigenvalue weighted by atomic mass is 10.0. The smallest absolute Gasteiger partial charge is 0.134 e. The van der Waals surface area contributed by atoms with E-state index in [-0.39, 0.29) is 6.04 Å². The van der Waals surface area contributed by atoms with Crippen molar-refractivity contribution in [1.29, 1.82) is 0 Å². The van der Waals surface area contributed by atoms with E-state index < -0.39 is 0 Å². The Balaban J connectivity index is 1.65. The van der Waals surface area contributed by atoms with E-state index in [1.54, 1.807) is 0 Å². The summed E-state index contributed by atoms with van der Waals surface area (Å²) in [5.41, 5.74) is 0.969. The Morgan fingerprint density at radius 2 is 2.20 bits per heavy atom. The van der Waals surface area contributed by atoms with Gasteiger partial charge in [0.25, 0.3) is 0 Å². The highest BCUT2D eigenvalue weighted by Crippen LogP contribution is 2.28. The molecule has 1 fully saturated rings. The second kappa shape index (κ2) is 6.42. The van der Waals surface area contributed by atoms with E-state index in [0.717, 1.165) is 30.8 Å². The van der Waals surface area contributed by atoms with Crippen LogP contribution in [0.1, 0.15) is 43.9 Å². The molecule has 2 aromatic rings. The Kier molecular flexibility index (Phi) is 4.38. The molecule has 0 saturated carbocycles. The van der Waals surface area contributed by atoms with Crippen LogP contribution in [0.5, 0.6) is 0 Å². The van der Waals surface area contributed by atoms with Crippen LogP contribution in [0, 0.1) is 0 Å². The van der Waals surface area contributed by atoms with Gasteiger partial charge in [0.2, 0.25) is 0 Å². The number of ether oxygens (including phenoxy) is 1. The Morgan fingerprint density at radius 1 is 1.30 bits per heavy atom. The highest BCUT2D eigenvalue weighted by Gasteiger charge is 2.19. The summed E-state index contributed by atoms with van der Waals surface area (Å²) >= 11 is 0. The molecule has 0 bridgehead atoms. The van der Waals surface area contributed by atoms with Gasteiger partial charge in [-0.3, -0.25) is 0 Å². The fraction of sp³-hybridized carbons (Fsp3) is 0.529. The maximum Gasteiger partial charge on any atom is 0.134 e. The van der Waals surface area contributed by atoms with Crippen LogP contribution in [0.4, 0.5) is 0 Å². The molecular formula is C17H23NO2. The van der Waals surface area contributed by atoms with E-state index in [4.69, 9.17) is 9.15 Å². The van der Waals surface area contributed by atoms with Gasteiger partial charge in [-0.15, -0.1) is 0 Å². The fourth-order valence-corrected chi connectivity index (χ4v) is 2.99. The highest BCUT2D eigenvalue weighted by molar-refractivity contribution is 5.77. The lowest BCUT2D eigenvalue weighted by Gasteiger charge is -2.24. The van der Waals surface area contributed by atoms with Crippen molar-refractivity contribution in [2.45, 2.75) is 44.2 Å². The molecule has 2 unspecified atom stereocenters. The van der Waals surface area contributed by atoms with Crippen molar-refractivity contribution >= 4 is 11.0 Å². The number of fused-ring (bicyclic) bond motifs is 1. The Hall–Kier alpha value is -1.32. The van der Waals surface area contributed by atoms with E-state index in [0.29, 0.717) is 6.10 Å². The first-order valence-corrected chi connectivity index (χ1v) is 7.64. The average molecular weight is 273 g/mol. The van der Waals surface area contributed by atoms with E-state index in [1.807, 2.05) is 25.2 Å². The number of hydrogen-bond acceptors (Lipinski definition) is 3. The molecule has 1 aliphatic rings. The highest BCUT2D eigenvalue weighted by atomic mass is 16.5. The summed E-state index contributed by atoms with van der Waals surface area (Å²) in [6, 6.07) is 10.6. The molecule has 2 atom stereocenters. The van der Waals surface area contributed by atoms with Crippen LogP contribution in [-0.2, 0) is 4.74 Å². The number of para-hydroxylation sites is 1. The lowest BCUT2D eigenvalue weighted by molar-refractivity contribution is 0.00836. The summed E-state index contributed by atoms with van der Waals surface area (Å²) in [7, 11) is 2.00. The molecule has 1 aliphatic heterocycles. The van der Waals surface area contributed by atoms with Crippen molar-refractivity contribution < 1.29 is 9.15 Å². The van der Waals surface area contributed by atoms with Crippen molar-refractivity contribution in [3.05, 3.63) is 36.1 Å². The van der Waals surface area contributed by atoms with Gasteiger partial charge < -0.3 is 14.5 Å². The second-order valence-corrected chi connectivity index (χ2v) is 5.59. The van der Waals surface area contributed by atoms with E-state index in [9.17, 15) is 0 Å². The summed E-state index contributed by atoms with van der Waals surface area (Å²) < 4.78 is 11.8. The van der Waals surface area contributed by atoms with Gasteiger partial charge in [0.05, 0.1) is 12.1 Å². The number of nitrogens with one attached hydrogen (secondary N) is 1. The predicted molar refractivity (Wildman–Crippen MR) is 80.8 cm³/mol. The van der Waals surface area contributed by atoms with Gasteiger partial charge in [-0.25, -0.2) is 0 Å². The molecule has 0 spiro atoms. The molecule has 2 heterocycles. The number of rotatable bonds is 5. The summed E-state index contributed by atoms with van der Waals surface area (Å²) in [4.78, 5) is 0. The van der Waals surface area contributed by atoms with Crippen molar-refractivity contribution in [3.8, 4) is 0 Å². The molecule has 1 N–H and O–H groups in total. The zero-order valence-electron chi connectivity index (χ0n) is 12.1. The summed E-state index contributed by atoms with van der Waals surface area (Å²) in [6.45, 7) is 0.930. The van der Waals surface area contributed by atoms with Crippen LogP contribution in [0.15, 0.2) is 34.7 Å². The predicted octanol–water partition coefficient (Wildman–Crippen LogP) is 4.04. The van der Waals surface area contributed by atoms with Gasteiger partial charge in [0.1, 0.15) is 11.3 Å². The first-order chi connectivity index (χ1) is 9.86. The number of furan rings is 1. The van der Waals surface area contributed by atoms with Crippen LogP contribution in [0.2, 0.25) is 0 Å².